The Hall–Kier alpha value is -1.06. The van der Waals surface area contributed by atoms with Crippen LogP contribution in [0.25, 0.3) is 0 Å². The predicted octanol–water partition coefficient (Wildman–Crippen LogP) is 1.94. The summed E-state index contributed by atoms with van der Waals surface area (Å²) in [6, 6.07) is 0. The molecule has 6 N–H and O–H groups in total. The van der Waals surface area contributed by atoms with Gasteiger partial charge in [-0.3, -0.25) is 10.8 Å². The normalized spacial score (nSPS) is 11.3. The van der Waals surface area contributed by atoms with Crippen LogP contribution in [0.1, 0.15) is 41.5 Å². The highest BCUT2D eigenvalue weighted by molar-refractivity contribution is 5.82. The maximum Gasteiger partial charge on any atom is 0.0960 e. The van der Waals surface area contributed by atoms with E-state index in [9.17, 15) is 0 Å². The monoisotopic (exact) mass is 200 g/mol. The van der Waals surface area contributed by atoms with Crippen LogP contribution in [0, 0.1) is 21.6 Å². The molecule has 0 aliphatic heterocycles. The van der Waals surface area contributed by atoms with Gasteiger partial charge in [-0.05, 0) is 0 Å². The van der Waals surface area contributed by atoms with E-state index < -0.39 is 0 Å². The molecule has 0 aromatic rings. The highest BCUT2D eigenvalue weighted by Gasteiger charge is 2.12. The molecule has 0 saturated carbocycles. The molecule has 0 unspecified atom stereocenters. The fourth-order valence-electron chi connectivity index (χ4n) is 0. The van der Waals surface area contributed by atoms with Gasteiger partial charge in [0.25, 0.3) is 0 Å². The zero-order valence-electron chi connectivity index (χ0n) is 10.2. The van der Waals surface area contributed by atoms with Crippen molar-refractivity contribution in [1.29, 1.82) is 10.8 Å². The lowest BCUT2D eigenvalue weighted by Gasteiger charge is -2.14. The first kappa shape index (κ1) is 15.4. The fourth-order valence-corrected chi connectivity index (χ4v) is 0. The highest BCUT2D eigenvalue weighted by Crippen LogP contribution is 2.10. The van der Waals surface area contributed by atoms with Crippen LogP contribution in [0.5, 0.6) is 0 Å². The lowest BCUT2D eigenvalue weighted by atomic mass is 9.96. The molecule has 0 spiro atoms. The summed E-state index contributed by atoms with van der Waals surface area (Å²) >= 11 is 0. The van der Waals surface area contributed by atoms with Gasteiger partial charge in [-0.25, -0.2) is 0 Å². The van der Waals surface area contributed by atoms with Gasteiger partial charge in [-0.2, -0.15) is 0 Å². The topological polar surface area (TPSA) is 99.7 Å². The van der Waals surface area contributed by atoms with Crippen LogP contribution in [0.15, 0.2) is 0 Å². The Morgan fingerprint density at radius 3 is 0.786 bits per heavy atom. The Kier molecular flexibility index (Phi) is 5.48. The minimum absolute atomic E-state index is 0.139. The summed E-state index contributed by atoms with van der Waals surface area (Å²) < 4.78 is 0. The third kappa shape index (κ3) is 9.03. The Morgan fingerprint density at radius 2 is 0.786 bits per heavy atom. The van der Waals surface area contributed by atoms with E-state index in [-0.39, 0.29) is 22.5 Å². The molecule has 0 fully saturated rings. The summed E-state index contributed by atoms with van der Waals surface area (Å²) in [4.78, 5) is 0. The van der Waals surface area contributed by atoms with Gasteiger partial charge in [0, 0.05) is 10.8 Å². The second-order valence-electron chi connectivity index (χ2n) is 5.33. The van der Waals surface area contributed by atoms with Gasteiger partial charge in [0.2, 0.25) is 0 Å². The van der Waals surface area contributed by atoms with E-state index in [2.05, 4.69) is 0 Å². The van der Waals surface area contributed by atoms with Crippen molar-refractivity contribution in [3.8, 4) is 0 Å². The smallest absolute Gasteiger partial charge is 0.0960 e. The van der Waals surface area contributed by atoms with Crippen LogP contribution >= 0.6 is 0 Å². The number of hydrogen-bond donors (Lipinski definition) is 4. The van der Waals surface area contributed by atoms with Crippen molar-refractivity contribution >= 4 is 11.7 Å². The van der Waals surface area contributed by atoms with Gasteiger partial charge >= 0.3 is 0 Å². The molecule has 4 heteroatoms. The SMILES string of the molecule is CC(C)(C)C(=N)N.CC(C)(C)C(=N)N. The van der Waals surface area contributed by atoms with Crippen LogP contribution in [0.4, 0.5) is 0 Å². The Morgan fingerprint density at radius 1 is 0.714 bits per heavy atom. The first-order valence-electron chi connectivity index (χ1n) is 4.58. The number of nitrogens with one attached hydrogen (secondary N) is 2. The third-order valence-corrected chi connectivity index (χ3v) is 1.62. The van der Waals surface area contributed by atoms with Crippen LogP contribution in [0.2, 0.25) is 0 Å². The Balaban J connectivity index is 0. The third-order valence-electron chi connectivity index (χ3n) is 1.62. The first-order chi connectivity index (χ1) is 5.89. The van der Waals surface area contributed by atoms with Crippen molar-refractivity contribution in [1.82, 2.24) is 0 Å². The van der Waals surface area contributed by atoms with Gasteiger partial charge in [-0.1, -0.05) is 41.5 Å². The molecule has 4 nitrogen and oxygen atoms in total. The molecule has 0 aliphatic carbocycles. The summed E-state index contributed by atoms with van der Waals surface area (Å²) in [7, 11) is 0. The van der Waals surface area contributed by atoms with E-state index >= 15 is 0 Å². The Labute approximate surface area is 87.1 Å². The lowest BCUT2D eigenvalue weighted by molar-refractivity contribution is 0.581. The van der Waals surface area contributed by atoms with Crippen molar-refractivity contribution in [2.45, 2.75) is 41.5 Å². The standard InChI is InChI=1S/2C5H12N2/c2*1-5(2,3)4(6)7/h2*1-3H3,(H3,6,7). The molecule has 0 amide bonds. The molecule has 0 atom stereocenters. The number of amidine groups is 2. The van der Waals surface area contributed by atoms with Gasteiger partial charge < -0.3 is 11.5 Å². The molecule has 0 aromatic heterocycles. The summed E-state index contributed by atoms with van der Waals surface area (Å²) in [5.74, 6) is 0.486. The minimum Gasteiger partial charge on any atom is -0.387 e. The molecule has 14 heavy (non-hydrogen) atoms. The average Bonchev–Trinajstić information content (AvgIpc) is 1.83. The molecule has 0 aliphatic rings. The molecule has 0 aromatic carbocycles. The fraction of sp³-hybridized carbons (Fsp3) is 0.800. The van der Waals surface area contributed by atoms with E-state index in [0.29, 0.717) is 0 Å². The van der Waals surface area contributed by atoms with E-state index in [1.807, 2.05) is 41.5 Å². The molecule has 0 rings (SSSR count). The number of rotatable bonds is 0. The maximum atomic E-state index is 6.92. The van der Waals surface area contributed by atoms with Crippen LogP contribution in [0.3, 0.4) is 0 Å². The van der Waals surface area contributed by atoms with Gasteiger partial charge in [0.05, 0.1) is 11.7 Å². The number of nitrogens with two attached hydrogens (primary N) is 2. The van der Waals surface area contributed by atoms with Crippen molar-refractivity contribution in [3.05, 3.63) is 0 Å². The molecule has 0 heterocycles. The second-order valence-corrected chi connectivity index (χ2v) is 5.33. The summed E-state index contributed by atoms with van der Waals surface area (Å²) in [5.41, 5.74) is 10.0. The average molecular weight is 200 g/mol. The van der Waals surface area contributed by atoms with Gasteiger partial charge in [0.1, 0.15) is 0 Å². The van der Waals surface area contributed by atoms with Crippen molar-refractivity contribution in [2.75, 3.05) is 0 Å². The highest BCUT2D eigenvalue weighted by atomic mass is 14.7. The zero-order chi connectivity index (χ0) is 12.2. The first-order valence-corrected chi connectivity index (χ1v) is 4.58. The molecule has 0 saturated heterocycles. The summed E-state index contributed by atoms with van der Waals surface area (Å²) in [6.07, 6.45) is 0. The van der Waals surface area contributed by atoms with Crippen molar-refractivity contribution in [3.63, 3.8) is 0 Å². The van der Waals surface area contributed by atoms with E-state index in [1.165, 1.54) is 0 Å². The van der Waals surface area contributed by atoms with E-state index in [4.69, 9.17) is 22.3 Å². The zero-order valence-corrected chi connectivity index (χ0v) is 10.2. The van der Waals surface area contributed by atoms with E-state index in [1.54, 1.807) is 0 Å². The predicted molar refractivity (Wildman–Crippen MR) is 62.7 cm³/mol. The minimum atomic E-state index is -0.139. The quantitative estimate of drug-likeness (QED) is 0.355. The molecule has 0 radical (unpaired) electrons. The van der Waals surface area contributed by atoms with Crippen molar-refractivity contribution < 1.29 is 0 Å². The van der Waals surface area contributed by atoms with Crippen LogP contribution in [-0.2, 0) is 0 Å². The van der Waals surface area contributed by atoms with Gasteiger partial charge in [0.15, 0.2) is 0 Å². The van der Waals surface area contributed by atoms with Gasteiger partial charge in [-0.15, -0.1) is 0 Å². The lowest BCUT2D eigenvalue weighted by Crippen LogP contribution is -2.27. The van der Waals surface area contributed by atoms with E-state index in [0.717, 1.165) is 0 Å². The van der Waals surface area contributed by atoms with Crippen LogP contribution in [-0.4, -0.2) is 11.7 Å². The van der Waals surface area contributed by atoms with Crippen LogP contribution < -0.4 is 11.5 Å². The summed E-state index contributed by atoms with van der Waals surface area (Å²) in [5, 5.41) is 13.8. The molecular formula is C10H24N4. The molecule has 0 bridgehead atoms. The Bertz CT molecular complexity index is 181. The molecular weight excluding hydrogens is 176 g/mol. The second kappa shape index (κ2) is 4.98. The largest absolute Gasteiger partial charge is 0.387 e. The number of hydrogen-bond acceptors (Lipinski definition) is 2. The van der Waals surface area contributed by atoms with Crippen molar-refractivity contribution in [2.24, 2.45) is 22.3 Å². The summed E-state index contributed by atoms with van der Waals surface area (Å²) in [6.45, 7) is 11.5. The maximum absolute atomic E-state index is 6.92. The molecule has 84 valence electrons.